The van der Waals surface area contributed by atoms with Crippen molar-refractivity contribution in [1.82, 2.24) is 0 Å². The molecule has 0 aliphatic rings. The number of hydrogen-bond acceptors (Lipinski definition) is 2. The lowest BCUT2D eigenvalue weighted by atomic mass is 10.1. The molecule has 110 valence electrons. The van der Waals surface area contributed by atoms with Crippen LogP contribution in [-0.4, -0.2) is 6.29 Å². The molecule has 0 atom stereocenters. The Morgan fingerprint density at radius 2 is 1.76 bits per heavy atom. The third-order valence-corrected chi connectivity index (χ3v) is 3.09. The van der Waals surface area contributed by atoms with E-state index in [1.54, 1.807) is 18.2 Å². The van der Waals surface area contributed by atoms with Gasteiger partial charge in [0.2, 0.25) is 0 Å². The zero-order valence-corrected chi connectivity index (χ0v) is 11.4. The molecule has 0 amide bonds. The van der Waals surface area contributed by atoms with Crippen LogP contribution in [0.2, 0.25) is 5.02 Å². The number of halogens is 4. The molecule has 2 nitrogen and oxygen atoms in total. The van der Waals surface area contributed by atoms with Gasteiger partial charge < -0.3 is 4.74 Å². The van der Waals surface area contributed by atoms with Crippen molar-refractivity contribution in [2.45, 2.75) is 12.8 Å². The smallest absolute Gasteiger partial charge is 0.416 e. The van der Waals surface area contributed by atoms with Gasteiger partial charge in [0.15, 0.2) is 6.29 Å². The van der Waals surface area contributed by atoms with Gasteiger partial charge in [0.1, 0.15) is 12.4 Å². The summed E-state index contributed by atoms with van der Waals surface area (Å²) in [4.78, 5) is 10.9. The van der Waals surface area contributed by atoms with Crippen LogP contribution in [0, 0.1) is 0 Å². The van der Waals surface area contributed by atoms with Gasteiger partial charge in [-0.05, 0) is 29.8 Å². The third kappa shape index (κ3) is 3.76. The predicted molar refractivity (Wildman–Crippen MR) is 72.6 cm³/mol. The summed E-state index contributed by atoms with van der Waals surface area (Å²) in [7, 11) is 0. The van der Waals surface area contributed by atoms with Crippen LogP contribution < -0.4 is 4.74 Å². The summed E-state index contributed by atoms with van der Waals surface area (Å²) in [6, 6.07) is 9.31. The van der Waals surface area contributed by atoms with Gasteiger partial charge in [-0.3, -0.25) is 4.79 Å². The first kappa shape index (κ1) is 15.4. The normalized spacial score (nSPS) is 11.2. The summed E-state index contributed by atoms with van der Waals surface area (Å²) in [6.45, 7) is 0.0166. The Morgan fingerprint density at radius 1 is 1.10 bits per heavy atom. The fourth-order valence-electron chi connectivity index (χ4n) is 1.72. The number of carbonyl (C=O) groups excluding carboxylic acids is 1. The second-order valence-electron chi connectivity index (χ2n) is 4.26. The molecule has 0 radical (unpaired) electrons. The van der Waals surface area contributed by atoms with Crippen molar-refractivity contribution in [2.75, 3.05) is 0 Å². The number of alkyl halides is 3. The minimum atomic E-state index is -4.37. The molecule has 2 aromatic carbocycles. The zero-order valence-electron chi connectivity index (χ0n) is 10.7. The summed E-state index contributed by atoms with van der Waals surface area (Å²) in [5.41, 5.74) is 0.103. The van der Waals surface area contributed by atoms with Crippen molar-refractivity contribution in [2.24, 2.45) is 0 Å². The van der Waals surface area contributed by atoms with Crippen LogP contribution in [0.1, 0.15) is 21.5 Å². The Labute approximate surface area is 124 Å². The van der Waals surface area contributed by atoms with E-state index in [0.717, 1.165) is 12.1 Å². The van der Waals surface area contributed by atoms with Crippen LogP contribution >= 0.6 is 11.6 Å². The van der Waals surface area contributed by atoms with Crippen molar-refractivity contribution in [3.05, 3.63) is 64.2 Å². The van der Waals surface area contributed by atoms with Crippen molar-refractivity contribution >= 4 is 17.9 Å². The summed E-state index contributed by atoms with van der Waals surface area (Å²) in [5.74, 6) is 0.217. The second-order valence-corrected chi connectivity index (χ2v) is 4.67. The van der Waals surface area contributed by atoms with Gasteiger partial charge in [0.05, 0.1) is 16.1 Å². The molecular weight excluding hydrogens is 305 g/mol. The zero-order chi connectivity index (χ0) is 15.5. The first-order chi connectivity index (χ1) is 9.91. The minimum Gasteiger partial charge on any atom is -0.487 e. The monoisotopic (exact) mass is 314 g/mol. The highest BCUT2D eigenvalue weighted by atomic mass is 35.5. The van der Waals surface area contributed by atoms with Crippen LogP contribution in [0.3, 0.4) is 0 Å². The fourth-order valence-corrected chi connectivity index (χ4v) is 1.95. The maximum absolute atomic E-state index is 12.4. The maximum atomic E-state index is 12.4. The molecule has 0 aromatic heterocycles. The number of rotatable bonds is 4. The highest BCUT2D eigenvalue weighted by molar-refractivity contribution is 6.32. The molecule has 0 saturated heterocycles. The van der Waals surface area contributed by atoms with Crippen molar-refractivity contribution in [3.63, 3.8) is 0 Å². The number of aldehydes is 1. The number of para-hydroxylation sites is 1. The van der Waals surface area contributed by atoms with E-state index in [4.69, 9.17) is 16.3 Å². The molecule has 0 heterocycles. The van der Waals surface area contributed by atoms with Gasteiger partial charge in [0.25, 0.3) is 0 Å². The maximum Gasteiger partial charge on any atom is 0.416 e. The Morgan fingerprint density at radius 3 is 2.33 bits per heavy atom. The Balaban J connectivity index is 2.12. The predicted octanol–water partition coefficient (Wildman–Crippen LogP) is 4.75. The largest absolute Gasteiger partial charge is 0.487 e. The summed E-state index contributed by atoms with van der Waals surface area (Å²) in [6.07, 6.45) is -3.76. The molecule has 21 heavy (non-hydrogen) atoms. The molecule has 0 spiro atoms. The van der Waals surface area contributed by atoms with E-state index in [9.17, 15) is 18.0 Å². The fraction of sp³-hybridized carbons (Fsp3) is 0.133. The molecule has 2 rings (SSSR count). The topological polar surface area (TPSA) is 26.3 Å². The average Bonchev–Trinajstić information content (AvgIpc) is 2.45. The lowest BCUT2D eigenvalue weighted by molar-refractivity contribution is -0.137. The van der Waals surface area contributed by atoms with Crippen molar-refractivity contribution in [3.8, 4) is 5.75 Å². The summed E-state index contributed by atoms with van der Waals surface area (Å²) in [5, 5.41) is 0.270. The van der Waals surface area contributed by atoms with E-state index in [0.29, 0.717) is 11.8 Å². The van der Waals surface area contributed by atoms with E-state index in [-0.39, 0.29) is 22.9 Å². The molecule has 0 unspecified atom stereocenters. The highest BCUT2D eigenvalue weighted by Crippen LogP contribution is 2.30. The van der Waals surface area contributed by atoms with Crippen molar-refractivity contribution < 1.29 is 22.7 Å². The second kappa shape index (κ2) is 6.18. The summed E-state index contributed by atoms with van der Waals surface area (Å²) < 4.78 is 42.7. The van der Waals surface area contributed by atoms with Crippen molar-refractivity contribution in [1.29, 1.82) is 0 Å². The van der Waals surface area contributed by atoms with Gasteiger partial charge >= 0.3 is 6.18 Å². The standard InChI is InChI=1S/C15H10ClF3O2/c16-13-3-1-2-11(8-20)14(13)21-9-10-4-6-12(7-5-10)15(17,18)19/h1-8H,9H2. The molecule has 0 bridgehead atoms. The lowest BCUT2D eigenvalue weighted by Crippen LogP contribution is -2.05. The Hall–Kier alpha value is -2.01. The van der Waals surface area contributed by atoms with Gasteiger partial charge in [-0.1, -0.05) is 29.8 Å². The molecular formula is C15H10ClF3O2. The molecule has 6 heteroatoms. The molecule has 2 aromatic rings. The molecule has 0 saturated carbocycles. The van der Waals surface area contributed by atoms with E-state index in [1.807, 2.05) is 0 Å². The number of benzene rings is 2. The van der Waals surface area contributed by atoms with Gasteiger partial charge in [-0.15, -0.1) is 0 Å². The van der Waals surface area contributed by atoms with Gasteiger partial charge in [-0.25, -0.2) is 0 Å². The first-order valence-corrected chi connectivity index (χ1v) is 6.32. The summed E-state index contributed by atoms with van der Waals surface area (Å²) >= 11 is 5.93. The van der Waals surface area contributed by atoms with Gasteiger partial charge in [-0.2, -0.15) is 13.2 Å². The number of ether oxygens (including phenoxy) is 1. The third-order valence-electron chi connectivity index (χ3n) is 2.79. The quantitative estimate of drug-likeness (QED) is 0.761. The SMILES string of the molecule is O=Cc1cccc(Cl)c1OCc1ccc(C(F)(F)F)cc1. The first-order valence-electron chi connectivity index (χ1n) is 5.94. The van der Waals surface area contributed by atoms with Crippen LogP contribution in [0.15, 0.2) is 42.5 Å². The minimum absolute atomic E-state index is 0.0166. The average molecular weight is 315 g/mol. The van der Waals surface area contributed by atoms with E-state index in [1.165, 1.54) is 12.1 Å². The van der Waals surface area contributed by atoms with Crippen LogP contribution in [0.5, 0.6) is 5.75 Å². The number of carbonyl (C=O) groups is 1. The van der Waals surface area contributed by atoms with E-state index < -0.39 is 11.7 Å². The van der Waals surface area contributed by atoms with Crippen LogP contribution in [0.4, 0.5) is 13.2 Å². The molecule has 0 aliphatic carbocycles. The molecule has 0 fully saturated rings. The lowest BCUT2D eigenvalue weighted by Gasteiger charge is -2.11. The highest BCUT2D eigenvalue weighted by Gasteiger charge is 2.29. The molecule has 0 aliphatic heterocycles. The van der Waals surface area contributed by atoms with Gasteiger partial charge in [0, 0.05) is 0 Å². The van der Waals surface area contributed by atoms with Crippen LogP contribution in [0.25, 0.3) is 0 Å². The Kier molecular flexibility index (Phi) is 4.53. The number of hydrogen-bond donors (Lipinski definition) is 0. The van der Waals surface area contributed by atoms with E-state index in [2.05, 4.69) is 0 Å². The van der Waals surface area contributed by atoms with E-state index >= 15 is 0 Å². The Bertz CT molecular complexity index is 636. The van der Waals surface area contributed by atoms with Crippen LogP contribution in [-0.2, 0) is 12.8 Å². The molecule has 0 N–H and O–H groups in total.